The lowest BCUT2D eigenvalue weighted by Crippen LogP contribution is -2.38. The number of hydrogen-bond acceptors (Lipinski definition) is 5. The molecule has 2 amide bonds. The van der Waals surface area contributed by atoms with Crippen molar-refractivity contribution in [1.82, 2.24) is 14.5 Å². The quantitative estimate of drug-likeness (QED) is 0.299. The zero-order valence-electron chi connectivity index (χ0n) is 21.7. The molecule has 0 bridgehead atoms. The highest BCUT2D eigenvalue weighted by atomic mass is 16.5. The van der Waals surface area contributed by atoms with Crippen LogP contribution in [-0.2, 0) is 4.79 Å². The molecular weight excluding hydrogens is 480 g/mol. The van der Waals surface area contributed by atoms with Gasteiger partial charge in [-0.3, -0.25) is 19.5 Å². The second-order valence-electron chi connectivity index (χ2n) is 8.63. The molecule has 0 saturated carbocycles. The number of rotatable bonds is 10. The van der Waals surface area contributed by atoms with Gasteiger partial charge < -0.3 is 14.4 Å². The molecule has 0 radical (unpaired) electrons. The normalized spacial score (nSPS) is 10.5. The van der Waals surface area contributed by atoms with E-state index in [2.05, 4.69) is 11.9 Å². The highest BCUT2D eigenvalue weighted by Gasteiger charge is 2.20. The van der Waals surface area contributed by atoms with Gasteiger partial charge in [0, 0.05) is 29.6 Å². The molecular formula is C30H30N4O4. The van der Waals surface area contributed by atoms with Crippen molar-refractivity contribution in [3.63, 3.8) is 0 Å². The first-order valence-corrected chi connectivity index (χ1v) is 12.1. The van der Waals surface area contributed by atoms with E-state index in [-0.39, 0.29) is 24.9 Å². The molecule has 4 rings (SSSR count). The first kappa shape index (κ1) is 26.2. The van der Waals surface area contributed by atoms with Gasteiger partial charge in [-0.2, -0.15) is 0 Å². The Hall–Kier alpha value is -4.85. The zero-order valence-corrected chi connectivity index (χ0v) is 21.7. The summed E-state index contributed by atoms with van der Waals surface area (Å²) in [5.74, 6) is 1.06. The summed E-state index contributed by atoms with van der Waals surface area (Å²) in [6.07, 6.45) is 3.45. The number of methoxy groups -OCH3 is 2. The Balaban J connectivity index is 1.59. The van der Waals surface area contributed by atoms with Gasteiger partial charge in [-0.15, -0.1) is 6.58 Å². The van der Waals surface area contributed by atoms with E-state index in [9.17, 15) is 9.59 Å². The maximum atomic E-state index is 13.2. The average molecular weight is 511 g/mol. The van der Waals surface area contributed by atoms with E-state index in [0.717, 1.165) is 22.6 Å². The van der Waals surface area contributed by atoms with Gasteiger partial charge >= 0.3 is 0 Å². The van der Waals surface area contributed by atoms with Crippen molar-refractivity contribution in [2.75, 3.05) is 32.6 Å². The molecule has 0 aliphatic heterocycles. The van der Waals surface area contributed by atoms with E-state index in [1.54, 1.807) is 44.6 Å². The number of carbonyl (C=O) groups is 2. The van der Waals surface area contributed by atoms with Crippen LogP contribution in [0.15, 0.2) is 91.6 Å². The summed E-state index contributed by atoms with van der Waals surface area (Å²) in [7, 11) is 3.18. The van der Waals surface area contributed by atoms with E-state index in [0.29, 0.717) is 23.0 Å². The molecule has 0 saturated heterocycles. The van der Waals surface area contributed by atoms with Gasteiger partial charge in [-0.1, -0.05) is 23.8 Å². The first-order chi connectivity index (χ1) is 18.4. The number of amides is 2. The van der Waals surface area contributed by atoms with Gasteiger partial charge in [0.05, 0.1) is 19.9 Å². The number of benzene rings is 3. The molecule has 4 aromatic rings. The predicted octanol–water partition coefficient (Wildman–Crippen LogP) is 5.13. The van der Waals surface area contributed by atoms with Crippen LogP contribution in [0, 0.1) is 6.92 Å². The van der Waals surface area contributed by atoms with Crippen molar-refractivity contribution < 1.29 is 19.1 Å². The third kappa shape index (κ3) is 6.10. The standard InChI is InChI=1S/C30H30N4O4/c1-5-18-33(29(36)23-10-16-26(38-4)17-11-23)20-28(35)32-30-31-27(22-8-14-25(37-3)15-9-22)19-34(30)24-12-6-21(2)7-13-24/h5-17,19H,1,18,20H2,2-4H3,(H,31,32,35). The molecule has 8 nitrogen and oxygen atoms in total. The molecule has 38 heavy (non-hydrogen) atoms. The Kier molecular flexibility index (Phi) is 8.23. The second kappa shape index (κ2) is 11.9. The van der Waals surface area contributed by atoms with Crippen molar-refractivity contribution in [3.05, 3.63) is 103 Å². The van der Waals surface area contributed by atoms with Gasteiger partial charge in [-0.05, 0) is 67.6 Å². The molecule has 194 valence electrons. The molecule has 0 aliphatic rings. The van der Waals surface area contributed by atoms with Gasteiger partial charge in [0.25, 0.3) is 5.91 Å². The van der Waals surface area contributed by atoms with Crippen molar-refractivity contribution in [2.24, 2.45) is 0 Å². The monoisotopic (exact) mass is 510 g/mol. The minimum atomic E-state index is -0.381. The first-order valence-electron chi connectivity index (χ1n) is 12.1. The third-order valence-corrected chi connectivity index (χ3v) is 5.96. The largest absolute Gasteiger partial charge is 0.497 e. The van der Waals surface area contributed by atoms with Crippen molar-refractivity contribution in [1.29, 1.82) is 0 Å². The van der Waals surface area contributed by atoms with Gasteiger partial charge in [0.2, 0.25) is 11.9 Å². The molecule has 0 fully saturated rings. The molecule has 1 aromatic heterocycles. The Bertz CT molecular complexity index is 1410. The lowest BCUT2D eigenvalue weighted by atomic mass is 10.1. The van der Waals surface area contributed by atoms with Gasteiger partial charge in [0.1, 0.15) is 18.0 Å². The summed E-state index contributed by atoms with van der Waals surface area (Å²) in [4.78, 5) is 32.4. The number of imidazole rings is 1. The second-order valence-corrected chi connectivity index (χ2v) is 8.63. The highest BCUT2D eigenvalue weighted by Crippen LogP contribution is 2.26. The fourth-order valence-electron chi connectivity index (χ4n) is 3.90. The number of ether oxygens (including phenoxy) is 2. The Morgan fingerprint density at radius 3 is 2.13 bits per heavy atom. The minimum Gasteiger partial charge on any atom is -0.497 e. The highest BCUT2D eigenvalue weighted by molar-refractivity contribution is 5.99. The van der Waals surface area contributed by atoms with Crippen molar-refractivity contribution >= 4 is 17.8 Å². The Morgan fingerprint density at radius 2 is 1.55 bits per heavy atom. The molecule has 3 aromatic carbocycles. The Morgan fingerprint density at radius 1 is 0.947 bits per heavy atom. The van der Waals surface area contributed by atoms with Crippen LogP contribution in [0.1, 0.15) is 15.9 Å². The predicted molar refractivity (Wildman–Crippen MR) is 148 cm³/mol. The van der Waals surface area contributed by atoms with Crippen molar-refractivity contribution in [3.8, 4) is 28.4 Å². The smallest absolute Gasteiger partial charge is 0.254 e. The number of anilines is 1. The third-order valence-electron chi connectivity index (χ3n) is 5.96. The molecule has 8 heteroatoms. The van der Waals surface area contributed by atoms with E-state index in [1.807, 2.05) is 66.2 Å². The summed E-state index contributed by atoms with van der Waals surface area (Å²) in [5.41, 5.74) is 3.96. The van der Waals surface area contributed by atoms with Gasteiger partial charge in [-0.25, -0.2) is 4.98 Å². The topological polar surface area (TPSA) is 85.7 Å². The van der Waals surface area contributed by atoms with Crippen LogP contribution in [0.3, 0.4) is 0 Å². The fourth-order valence-corrected chi connectivity index (χ4v) is 3.90. The number of hydrogen-bond donors (Lipinski definition) is 1. The summed E-state index contributed by atoms with van der Waals surface area (Å²) in [5, 5.41) is 2.89. The van der Waals surface area contributed by atoms with E-state index >= 15 is 0 Å². The summed E-state index contributed by atoms with van der Waals surface area (Å²) in [6.45, 7) is 5.78. The summed E-state index contributed by atoms with van der Waals surface area (Å²) >= 11 is 0. The average Bonchev–Trinajstić information content (AvgIpc) is 3.36. The van der Waals surface area contributed by atoms with Gasteiger partial charge in [0.15, 0.2) is 0 Å². The number of aryl methyl sites for hydroxylation is 1. The summed E-state index contributed by atoms with van der Waals surface area (Å²) in [6, 6.07) is 22.2. The number of nitrogens with zero attached hydrogens (tertiary/aromatic N) is 3. The number of aromatic nitrogens is 2. The van der Waals surface area contributed by atoms with E-state index < -0.39 is 0 Å². The maximum absolute atomic E-state index is 13.2. The van der Waals surface area contributed by atoms with Crippen LogP contribution in [-0.4, -0.2) is 53.6 Å². The van der Waals surface area contributed by atoms with Crippen molar-refractivity contribution in [2.45, 2.75) is 6.92 Å². The Labute approximate surface area is 222 Å². The van der Waals surface area contributed by atoms with Crippen LogP contribution < -0.4 is 14.8 Å². The summed E-state index contributed by atoms with van der Waals surface area (Å²) < 4.78 is 12.2. The molecule has 0 atom stereocenters. The van der Waals surface area contributed by atoms with Crippen LogP contribution in [0.2, 0.25) is 0 Å². The lowest BCUT2D eigenvalue weighted by Gasteiger charge is -2.21. The SMILES string of the molecule is C=CCN(CC(=O)Nc1nc(-c2ccc(OC)cc2)cn1-c1ccc(C)cc1)C(=O)c1ccc(OC)cc1. The van der Waals surface area contributed by atoms with E-state index in [4.69, 9.17) is 14.5 Å². The lowest BCUT2D eigenvalue weighted by molar-refractivity contribution is -0.116. The number of carbonyl (C=O) groups excluding carboxylic acids is 2. The van der Waals surface area contributed by atoms with E-state index in [1.165, 1.54) is 4.90 Å². The molecule has 1 heterocycles. The van der Waals surface area contributed by atoms with Crippen LogP contribution in [0.4, 0.5) is 5.95 Å². The van der Waals surface area contributed by atoms with Crippen LogP contribution in [0.25, 0.3) is 16.9 Å². The molecule has 1 N–H and O–H groups in total. The maximum Gasteiger partial charge on any atom is 0.254 e. The minimum absolute atomic E-state index is 0.171. The fraction of sp³-hybridized carbons (Fsp3) is 0.167. The number of nitrogens with one attached hydrogen (secondary N) is 1. The molecule has 0 unspecified atom stereocenters. The molecule has 0 aliphatic carbocycles. The van der Waals surface area contributed by atoms with Crippen LogP contribution in [0.5, 0.6) is 11.5 Å². The van der Waals surface area contributed by atoms with Crippen LogP contribution >= 0.6 is 0 Å². The molecule has 0 spiro atoms. The zero-order chi connectivity index (χ0) is 27.1.